The van der Waals surface area contributed by atoms with Gasteiger partial charge in [0.2, 0.25) is 5.91 Å². The predicted molar refractivity (Wildman–Crippen MR) is 111 cm³/mol. The molecule has 0 spiro atoms. The molecule has 1 aromatic carbocycles. The number of aromatic amines is 1. The van der Waals surface area contributed by atoms with Crippen LogP contribution in [0.15, 0.2) is 24.4 Å². The van der Waals surface area contributed by atoms with Crippen LogP contribution in [0.2, 0.25) is 0 Å². The molecule has 1 atom stereocenters. The van der Waals surface area contributed by atoms with Crippen molar-refractivity contribution in [2.24, 2.45) is 0 Å². The molecule has 4 rings (SSSR count). The van der Waals surface area contributed by atoms with Crippen molar-refractivity contribution in [1.82, 2.24) is 20.1 Å². The van der Waals surface area contributed by atoms with Crippen LogP contribution in [-0.4, -0.2) is 71.3 Å². The Kier molecular flexibility index (Phi) is 5.51. The molecule has 1 saturated carbocycles. The van der Waals surface area contributed by atoms with E-state index in [2.05, 4.69) is 33.1 Å². The number of benzene rings is 1. The number of para-hydroxylation sites is 1. The molecular weight excluding hydrogens is 352 g/mol. The molecule has 6 heteroatoms. The van der Waals surface area contributed by atoms with Gasteiger partial charge in [0, 0.05) is 54.9 Å². The van der Waals surface area contributed by atoms with E-state index in [1.54, 1.807) is 0 Å². The summed E-state index contributed by atoms with van der Waals surface area (Å²) in [6.45, 7) is 7.81. The van der Waals surface area contributed by atoms with Crippen LogP contribution in [0.4, 0.5) is 0 Å². The van der Waals surface area contributed by atoms with E-state index in [1.807, 2.05) is 25.3 Å². The molecule has 2 fully saturated rings. The predicted octanol–water partition coefficient (Wildman–Crippen LogP) is 2.20. The standard InChI is InChI=1S/C22H30N4O2/c1-3-16-5-4-6-18-19(13-23-21(16)18)20(27)14-25-9-11-26(12-10-25)15(2)22(28)24-17-7-8-17/h4-6,13,15,17,23H,3,7-12,14H2,1-2H3,(H,24,28)/t15-/m1/s1. The van der Waals surface area contributed by atoms with Gasteiger partial charge < -0.3 is 10.3 Å². The molecule has 1 aliphatic heterocycles. The highest BCUT2D eigenvalue weighted by atomic mass is 16.2. The zero-order chi connectivity index (χ0) is 19.7. The summed E-state index contributed by atoms with van der Waals surface area (Å²) in [7, 11) is 0. The number of piperazine rings is 1. The lowest BCUT2D eigenvalue weighted by Gasteiger charge is -2.37. The number of carbonyl (C=O) groups excluding carboxylic acids is 2. The molecule has 1 aliphatic carbocycles. The van der Waals surface area contributed by atoms with Crippen molar-refractivity contribution in [2.75, 3.05) is 32.7 Å². The Balaban J connectivity index is 1.33. The smallest absolute Gasteiger partial charge is 0.237 e. The first kappa shape index (κ1) is 19.2. The normalized spacial score (nSPS) is 19.6. The lowest BCUT2D eigenvalue weighted by molar-refractivity contribution is -0.126. The molecule has 1 saturated heterocycles. The fourth-order valence-corrected chi connectivity index (χ4v) is 4.05. The lowest BCUT2D eigenvalue weighted by Crippen LogP contribution is -2.54. The van der Waals surface area contributed by atoms with Crippen LogP contribution >= 0.6 is 0 Å². The summed E-state index contributed by atoms with van der Waals surface area (Å²) < 4.78 is 0. The third-order valence-electron chi connectivity index (χ3n) is 6.11. The van der Waals surface area contributed by atoms with E-state index in [9.17, 15) is 9.59 Å². The van der Waals surface area contributed by atoms with Gasteiger partial charge in [-0.1, -0.05) is 25.1 Å². The van der Waals surface area contributed by atoms with E-state index in [4.69, 9.17) is 0 Å². The molecule has 0 radical (unpaired) electrons. The van der Waals surface area contributed by atoms with Gasteiger partial charge in [0.1, 0.15) is 0 Å². The van der Waals surface area contributed by atoms with E-state index in [1.165, 1.54) is 5.56 Å². The highest BCUT2D eigenvalue weighted by molar-refractivity contribution is 6.09. The highest BCUT2D eigenvalue weighted by Gasteiger charge is 2.30. The minimum atomic E-state index is -0.0977. The third kappa shape index (κ3) is 3.98. The van der Waals surface area contributed by atoms with Gasteiger partial charge in [0.15, 0.2) is 5.78 Å². The van der Waals surface area contributed by atoms with Gasteiger partial charge in [-0.25, -0.2) is 0 Å². The molecule has 0 bridgehead atoms. The Morgan fingerprint density at radius 1 is 1.21 bits per heavy atom. The van der Waals surface area contributed by atoms with Crippen LogP contribution in [0.3, 0.4) is 0 Å². The topological polar surface area (TPSA) is 68.4 Å². The second-order valence-electron chi connectivity index (χ2n) is 8.09. The van der Waals surface area contributed by atoms with Crippen molar-refractivity contribution in [2.45, 2.75) is 45.2 Å². The number of hydrogen-bond donors (Lipinski definition) is 2. The third-order valence-corrected chi connectivity index (χ3v) is 6.11. The molecule has 150 valence electrons. The SMILES string of the molecule is CCc1cccc2c(C(=O)CN3CCN([C@H](C)C(=O)NC4CC4)CC3)c[nH]c12. The Morgan fingerprint density at radius 3 is 2.64 bits per heavy atom. The van der Waals surface area contributed by atoms with Crippen LogP contribution in [0.1, 0.15) is 42.6 Å². The molecule has 2 heterocycles. The Bertz CT molecular complexity index is 863. The van der Waals surface area contributed by atoms with Gasteiger partial charge in [-0.2, -0.15) is 0 Å². The number of nitrogens with zero attached hydrogens (tertiary/aromatic N) is 2. The van der Waals surface area contributed by atoms with Crippen LogP contribution in [0.25, 0.3) is 10.9 Å². The van der Waals surface area contributed by atoms with Gasteiger partial charge in [-0.15, -0.1) is 0 Å². The fourth-order valence-electron chi connectivity index (χ4n) is 4.05. The minimum Gasteiger partial charge on any atom is -0.360 e. The van der Waals surface area contributed by atoms with E-state index < -0.39 is 0 Å². The summed E-state index contributed by atoms with van der Waals surface area (Å²) in [4.78, 5) is 32.9. The van der Waals surface area contributed by atoms with Gasteiger partial charge in [0.05, 0.1) is 12.6 Å². The number of ketones is 1. The van der Waals surface area contributed by atoms with Gasteiger partial charge in [-0.05, 0) is 31.7 Å². The first-order valence-electron chi connectivity index (χ1n) is 10.5. The number of aromatic nitrogens is 1. The van der Waals surface area contributed by atoms with Gasteiger partial charge in [-0.3, -0.25) is 19.4 Å². The summed E-state index contributed by atoms with van der Waals surface area (Å²) in [6.07, 6.45) is 5.02. The maximum absolute atomic E-state index is 12.9. The van der Waals surface area contributed by atoms with Crippen LogP contribution in [0.5, 0.6) is 0 Å². The van der Waals surface area contributed by atoms with Crippen molar-refractivity contribution >= 4 is 22.6 Å². The second kappa shape index (κ2) is 8.05. The summed E-state index contributed by atoms with van der Waals surface area (Å²) in [6, 6.07) is 6.46. The van der Waals surface area contributed by atoms with Crippen molar-refractivity contribution in [3.8, 4) is 0 Å². The number of H-pyrrole nitrogens is 1. The number of Topliss-reactive ketones (excluding diaryl/α,β-unsaturated/α-hetero) is 1. The van der Waals surface area contributed by atoms with E-state index in [-0.39, 0.29) is 17.7 Å². The average molecular weight is 383 g/mol. The minimum absolute atomic E-state index is 0.0977. The Morgan fingerprint density at radius 2 is 1.96 bits per heavy atom. The number of hydrogen-bond acceptors (Lipinski definition) is 4. The fraction of sp³-hybridized carbons (Fsp3) is 0.545. The molecule has 2 N–H and O–H groups in total. The van der Waals surface area contributed by atoms with Crippen molar-refractivity contribution < 1.29 is 9.59 Å². The number of fused-ring (bicyclic) bond motifs is 1. The summed E-state index contributed by atoms with van der Waals surface area (Å²) in [5.41, 5.74) is 3.10. The molecule has 28 heavy (non-hydrogen) atoms. The number of amides is 1. The first-order valence-corrected chi connectivity index (χ1v) is 10.5. The highest BCUT2D eigenvalue weighted by Crippen LogP contribution is 2.23. The molecule has 1 amide bonds. The largest absolute Gasteiger partial charge is 0.360 e. The molecule has 6 nitrogen and oxygen atoms in total. The van der Waals surface area contributed by atoms with Crippen molar-refractivity contribution in [3.05, 3.63) is 35.5 Å². The zero-order valence-corrected chi connectivity index (χ0v) is 16.8. The number of nitrogens with one attached hydrogen (secondary N) is 2. The molecule has 2 aliphatic rings. The van der Waals surface area contributed by atoms with E-state index in [0.29, 0.717) is 12.6 Å². The summed E-state index contributed by atoms with van der Waals surface area (Å²) in [5.74, 6) is 0.296. The monoisotopic (exact) mass is 382 g/mol. The van der Waals surface area contributed by atoms with Gasteiger partial charge >= 0.3 is 0 Å². The van der Waals surface area contributed by atoms with Crippen LogP contribution in [-0.2, 0) is 11.2 Å². The van der Waals surface area contributed by atoms with E-state index >= 15 is 0 Å². The molecular formula is C22H30N4O2. The zero-order valence-electron chi connectivity index (χ0n) is 16.8. The Labute approximate surface area is 166 Å². The maximum Gasteiger partial charge on any atom is 0.237 e. The number of aryl methyl sites for hydroxylation is 1. The molecule has 1 aromatic heterocycles. The van der Waals surface area contributed by atoms with Crippen molar-refractivity contribution in [3.63, 3.8) is 0 Å². The number of rotatable bonds is 7. The summed E-state index contributed by atoms with van der Waals surface area (Å²) in [5, 5.41) is 4.11. The number of carbonyl (C=O) groups is 2. The van der Waals surface area contributed by atoms with Crippen molar-refractivity contribution in [1.29, 1.82) is 0 Å². The second-order valence-corrected chi connectivity index (χ2v) is 8.09. The van der Waals surface area contributed by atoms with Crippen LogP contribution in [0, 0.1) is 0 Å². The summed E-state index contributed by atoms with van der Waals surface area (Å²) >= 11 is 0. The molecule has 0 unspecified atom stereocenters. The average Bonchev–Trinajstić information content (AvgIpc) is 3.41. The quantitative estimate of drug-likeness (QED) is 0.721. The Hall–Kier alpha value is -2.18. The van der Waals surface area contributed by atoms with Crippen LogP contribution < -0.4 is 5.32 Å². The van der Waals surface area contributed by atoms with E-state index in [0.717, 1.165) is 61.9 Å². The molecule has 2 aromatic rings. The maximum atomic E-state index is 12.9. The lowest BCUT2D eigenvalue weighted by atomic mass is 10.0. The first-order chi connectivity index (χ1) is 13.6. The van der Waals surface area contributed by atoms with Gasteiger partial charge in [0.25, 0.3) is 0 Å².